The summed E-state index contributed by atoms with van der Waals surface area (Å²) in [7, 11) is 0. The third-order valence-corrected chi connectivity index (χ3v) is 2.84. The molecule has 0 radical (unpaired) electrons. The van der Waals surface area contributed by atoms with Crippen LogP contribution in [0.25, 0.3) is 0 Å². The minimum atomic E-state index is -0.889. The van der Waals surface area contributed by atoms with Gasteiger partial charge in [0.25, 0.3) is 0 Å². The maximum atomic E-state index is 13.4. The number of halogens is 3. The molecular weight excluding hydrogens is 262 g/mol. The fourth-order valence-corrected chi connectivity index (χ4v) is 1.70. The highest BCUT2D eigenvalue weighted by molar-refractivity contribution is 6.33. The Morgan fingerprint density at radius 1 is 1.50 bits per heavy atom. The van der Waals surface area contributed by atoms with Crippen LogP contribution >= 0.6 is 11.6 Å². The van der Waals surface area contributed by atoms with E-state index in [4.69, 9.17) is 17.3 Å². The van der Waals surface area contributed by atoms with Crippen LogP contribution in [0.1, 0.15) is 19.8 Å². The van der Waals surface area contributed by atoms with Crippen LogP contribution in [0, 0.1) is 17.6 Å². The summed E-state index contributed by atoms with van der Waals surface area (Å²) in [5.41, 5.74) is 5.15. The van der Waals surface area contributed by atoms with Gasteiger partial charge in [0.05, 0.1) is 10.7 Å². The Morgan fingerprint density at radius 2 is 2.17 bits per heavy atom. The first-order valence-corrected chi connectivity index (χ1v) is 5.99. The number of amides is 1. The maximum absolute atomic E-state index is 13.4. The number of rotatable bonds is 5. The van der Waals surface area contributed by atoms with Crippen LogP contribution in [0.5, 0.6) is 0 Å². The molecule has 0 bridgehead atoms. The van der Waals surface area contributed by atoms with Crippen molar-refractivity contribution in [2.45, 2.75) is 19.8 Å². The van der Waals surface area contributed by atoms with Gasteiger partial charge in [-0.3, -0.25) is 4.79 Å². The summed E-state index contributed by atoms with van der Waals surface area (Å²) in [6.45, 7) is 2.20. The van der Waals surface area contributed by atoms with Crippen molar-refractivity contribution in [3.8, 4) is 0 Å². The van der Waals surface area contributed by atoms with Gasteiger partial charge in [-0.1, -0.05) is 18.5 Å². The number of hydrogen-bond acceptors (Lipinski definition) is 2. The summed E-state index contributed by atoms with van der Waals surface area (Å²) in [6, 6.07) is 1.62. The molecule has 0 saturated carbocycles. The summed E-state index contributed by atoms with van der Waals surface area (Å²) in [6.07, 6.45) is 1.30. The fraction of sp³-hybridized carbons (Fsp3) is 0.417. The normalized spacial score (nSPS) is 12.3. The van der Waals surface area contributed by atoms with Crippen molar-refractivity contribution in [1.29, 1.82) is 0 Å². The first-order valence-electron chi connectivity index (χ1n) is 5.61. The van der Waals surface area contributed by atoms with Crippen molar-refractivity contribution >= 4 is 23.2 Å². The van der Waals surface area contributed by atoms with Crippen LogP contribution < -0.4 is 11.1 Å². The third kappa shape index (κ3) is 3.92. The number of hydrogen-bond donors (Lipinski definition) is 2. The minimum Gasteiger partial charge on any atom is -0.330 e. The Hall–Kier alpha value is -1.20. The lowest BCUT2D eigenvalue weighted by Crippen LogP contribution is -2.22. The van der Waals surface area contributed by atoms with Gasteiger partial charge < -0.3 is 11.1 Å². The molecule has 18 heavy (non-hydrogen) atoms. The Bertz CT molecular complexity index is 417. The lowest BCUT2D eigenvalue weighted by Gasteiger charge is -2.13. The van der Waals surface area contributed by atoms with Gasteiger partial charge in [-0.2, -0.15) is 0 Å². The van der Waals surface area contributed by atoms with Crippen LogP contribution in [0.2, 0.25) is 5.02 Å². The van der Waals surface area contributed by atoms with E-state index in [-0.39, 0.29) is 22.5 Å². The largest absolute Gasteiger partial charge is 0.330 e. The van der Waals surface area contributed by atoms with Gasteiger partial charge in [0, 0.05) is 12.0 Å². The molecule has 1 rings (SSSR count). The Morgan fingerprint density at radius 3 is 2.72 bits per heavy atom. The van der Waals surface area contributed by atoms with E-state index in [1.165, 1.54) is 0 Å². The second-order valence-corrected chi connectivity index (χ2v) is 4.47. The second kappa shape index (κ2) is 6.66. The number of nitrogens with two attached hydrogens (primary N) is 1. The molecule has 6 heteroatoms. The van der Waals surface area contributed by atoms with Gasteiger partial charge in [-0.25, -0.2) is 8.78 Å². The highest BCUT2D eigenvalue weighted by Gasteiger charge is 2.17. The molecular formula is C12H15ClF2N2O. The number of carbonyl (C=O) groups is 1. The van der Waals surface area contributed by atoms with Crippen molar-refractivity contribution in [2.24, 2.45) is 11.7 Å². The standard InChI is InChI=1S/C12H15ClF2N2O/c1-7(3-2-4-16)12(18)17-11-9(13)5-8(14)6-10(11)15/h5-7H,2-4,16H2,1H3,(H,17,18). The van der Waals surface area contributed by atoms with Gasteiger partial charge in [0.1, 0.15) is 5.82 Å². The lowest BCUT2D eigenvalue weighted by molar-refractivity contribution is -0.119. The van der Waals surface area contributed by atoms with Crippen molar-refractivity contribution in [3.05, 3.63) is 28.8 Å². The SMILES string of the molecule is CC(CCCN)C(=O)Nc1c(F)cc(F)cc1Cl. The zero-order chi connectivity index (χ0) is 13.7. The summed E-state index contributed by atoms with van der Waals surface area (Å²) in [4.78, 5) is 11.7. The fourth-order valence-electron chi connectivity index (χ4n) is 1.46. The van der Waals surface area contributed by atoms with E-state index < -0.39 is 11.6 Å². The topological polar surface area (TPSA) is 55.1 Å². The predicted molar refractivity (Wildman–Crippen MR) is 67.5 cm³/mol. The molecule has 0 fully saturated rings. The molecule has 0 heterocycles. The first-order chi connectivity index (χ1) is 8.45. The Labute approximate surface area is 109 Å². The molecule has 1 atom stereocenters. The van der Waals surface area contributed by atoms with E-state index in [0.29, 0.717) is 25.5 Å². The van der Waals surface area contributed by atoms with Crippen LogP contribution in [-0.4, -0.2) is 12.5 Å². The molecule has 0 spiro atoms. The van der Waals surface area contributed by atoms with E-state index in [0.717, 1.165) is 6.07 Å². The molecule has 0 aliphatic carbocycles. The molecule has 0 aliphatic heterocycles. The molecule has 3 nitrogen and oxygen atoms in total. The third-order valence-electron chi connectivity index (χ3n) is 2.54. The maximum Gasteiger partial charge on any atom is 0.227 e. The monoisotopic (exact) mass is 276 g/mol. The van der Waals surface area contributed by atoms with Gasteiger partial charge in [0.2, 0.25) is 5.91 Å². The van der Waals surface area contributed by atoms with Crippen LogP contribution in [0.3, 0.4) is 0 Å². The molecule has 1 amide bonds. The van der Waals surface area contributed by atoms with E-state index in [1.807, 2.05) is 0 Å². The molecule has 1 aromatic carbocycles. The van der Waals surface area contributed by atoms with E-state index >= 15 is 0 Å². The van der Waals surface area contributed by atoms with Crippen LogP contribution in [-0.2, 0) is 4.79 Å². The lowest BCUT2D eigenvalue weighted by atomic mass is 10.0. The molecule has 1 unspecified atom stereocenters. The number of anilines is 1. The van der Waals surface area contributed by atoms with Crippen molar-refractivity contribution in [1.82, 2.24) is 0 Å². The molecule has 0 aromatic heterocycles. The zero-order valence-electron chi connectivity index (χ0n) is 9.97. The van der Waals surface area contributed by atoms with E-state index in [1.54, 1.807) is 6.92 Å². The molecule has 0 saturated heterocycles. The molecule has 0 aliphatic rings. The zero-order valence-corrected chi connectivity index (χ0v) is 10.7. The Kier molecular flexibility index (Phi) is 5.50. The highest BCUT2D eigenvalue weighted by atomic mass is 35.5. The van der Waals surface area contributed by atoms with E-state index in [9.17, 15) is 13.6 Å². The average Bonchev–Trinajstić information content (AvgIpc) is 2.30. The van der Waals surface area contributed by atoms with Crippen LogP contribution in [0.4, 0.5) is 14.5 Å². The van der Waals surface area contributed by atoms with Gasteiger partial charge >= 0.3 is 0 Å². The van der Waals surface area contributed by atoms with Gasteiger partial charge in [0.15, 0.2) is 5.82 Å². The number of benzene rings is 1. The summed E-state index contributed by atoms with van der Waals surface area (Å²) in [5, 5.41) is 2.20. The van der Waals surface area contributed by atoms with Crippen molar-refractivity contribution < 1.29 is 13.6 Å². The van der Waals surface area contributed by atoms with Gasteiger partial charge in [-0.05, 0) is 25.5 Å². The van der Waals surface area contributed by atoms with Crippen LogP contribution in [0.15, 0.2) is 12.1 Å². The van der Waals surface area contributed by atoms with Gasteiger partial charge in [-0.15, -0.1) is 0 Å². The van der Waals surface area contributed by atoms with Crippen molar-refractivity contribution in [3.63, 3.8) is 0 Å². The quantitative estimate of drug-likeness (QED) is 0.869. The average molecular weight is 277 g/mol. The molecule has 1 aromatic rings. The Balaban J connectivity index is 2.76. The second-order valence-electron chi connectivity index (χ2n) is 4.07. The molecule has 100 valence electrons. The number of nitrogens with one attached hydrogen (secondary N) is 1. The smallest absolute Gasteiger partial charge is 0.227 e. The summed E-state index contributed by atoms with van der Waals surface area (Å²) in [5.74, 6) is -2.35. The van der Waals surface area contributed by atoms with E-state index in [2.05, 4.69) is 5.32 Å². The first kappa shape index (κ1) is 14.9. The summed E-state index contributed by atoms with van der Waals surface area (Å²) >= 11 is 5.67. The number of carbonyl (C=O) groups excluding carboxylic acids is 1. The van der Waals surface area contributed by atoms with Crippen molar-refractivity contribution in [2.75, 3.05) is 11.9 Å². The minimum absolute atomic E-state index is 0.160. The summed E-state index contributed by atoms with van der Waals surface area (Å²) < 4.78 is 26.2. The molecule has 3 N–H and O–H groups in total. The highest BCUT2D eigenvalue weighted by Crippen LogP contribution is 2.27. The predicted octanol–water partition coefficient (Wildman–Crippen LogP) is 2.93.